The molecule has 0 heterocycles. The van der Waals surface area contributed by atoms with Gasteiger partial charge in [-0.25, -0.2) is 8.42 Å². The van der Waals surface area contributed by atoms with Gasteiger partial charge in [-0.1, -0.05) is 23.8 Å². The number of nitrogens with zero attached hydrogens (tertiary/aromatic N) is 2. The average molecular weight is 421 g/mol. The number of ether oxygens (including phenoxy) is 2. The molecule has 0 aliphatic carbocycles. The number of likely N-dealkylation sites (N-methyl/N-ethyl adjacent to an activating group) is 1. The highest BCUT2D eigenvalue weighted by atomic mass is 32.2. The molecule has 29 heavy (non-hydrogen) atoms. The number of hydrogen-bond acceptors (Lipinski definition) is 5. The standard InChI is InChI=1S/C21H28N2O5S/c1-15-7-9-18(16(2)11-15)23(29(6,25)26)14-21(24)22(3)13-17-8-10-19(27-4)20(12-17)28-5/h7-12H,13-14H2,1-6H3. The summed E-state index contributed by atoms with van der Waals surface area (Å²) < 4.78 is 36.4. The van der Waals surface area contributed by atoms with Gasteiger partial charge in [-0.2, -0.15) is 0 Å². The van der Waals surface area contributed by atoms with Crippen LogP contribution in [0.25, 0.3) is 0 Å². The topological polar surface area (TPSA) is 76.2 Å². The number of benzene rings is 2. The molecule has 0 radical (unpaired) electrons. The van der Waals surface area contributed by atoms with Crippen molar-refractivity contribution in [2.75, 3.05) is 38.4 Å². The average Bonchev–Trinajstić information content (AvgIpc) is 2.65. The zero-order valence-corrected chi connectivity index (χ0v) is 18.5. The van der Waals surface area contributed by atoms with E-state index in [0.717, 1.165) is 27.3 Å². The van der Waals surface area contributed by atoms with Crippen LogP contribution in [0.4, 0.5) is 5.69 Å². The lowest BCUT2D eigenvalue weighted by molar-refractivity contribution is -0.128. The fourth-order valence-electron chi connectivity index (χ4n) is 3.05. The molecule has 2 aromatic rings. The SMILES string of the molecule is COc1ccc(CN(C)C(=O)CN(c2ccc(C)cc2C)S(C)(=O)=O)cc1OC. The number of rotatable bonds is 8. The highest BCUT2D eigenvalue weighted by Crippen LogP contribution is 2.28. The van der Waals surface area contributed by atoms with Crippen molar-refractivity contribution in [3.63, 3.8) is 0 Å². The van der Waals surface area contributed by atoms with E-state index >= 15 is 0 Å². The summed E-state index contributed by atoms with van der Waals surface area (Å²) in [5.41, 5.74) is 3.17. The predicted octanol–water partition coefficient (Wildman–Crippen LogP) is 2.75. The van der Waals surface area contributed by atoms with E-state index in [0.29, 0.717) is 23.7 Å². The normalized spacial score (nSPS) is 11.1. The number of amides is 1. The van der Waals surface area contributed by atoms with Gasteiger partial charge in [0, 0.05) is 13.6 Å². The van der Waals surface area contributed by atoms with Crippen LogP contribution in [0.15, 0.2) is 36.4 Å². The van der Waals surface area contributed by atoms with E-state index in [4.69, 9.17) is 9.47 Å². The molecule has 2 rings (SSSR count). The Morgan fingerprint density at radius 3 is 2.21 bits per heavy atom. The number of anilines is 1. The third kappa shape index (κ3) is 5.63. The van der Waals surface area contributed by atoms with Gasteiger partial charge in [-0.3, -0.25) is 9.10 Å². The number of sulfonamides is 1. The first kappa shape index (κ1) is 22.5. The summed E-state index contributed by atoms with van der Waals surface area (Å²) in [5.74, 6) is 0.854. The van der Waals surface area contributed by atoms with Gasteiger partial charge >= 0.3 is 0 Å². The molecule has 7 nitrogen and oxygen atoms in total. The van der Waals surface area contributed by atoms with Crippen molar-refractivity contribution in [2.24, 2.45) is 0 Å². The molecule has 8 heteroatoms. The Morgan fingerprint density at radius 1 is 1.00 bits per heavy atom. The van der Waals surface area contributed by atoms with E-state index in [1.54, 1.807) is 39.5 Å². The van der Waals surface area contributed by atoms with Gasteiger partial charge in [0.25, 0.3) is 0 Å². The Balaban J connectivity index is 2.21. The van der Waals surface area contributed by atoms with Crippen molar-refractivity contribution in [2.45, 2.75) is 20.4 Å². The fraction of sp³-hybridized carbons (Fsp3) is 0.381. The first-order chi connectivity index (χ1) is 13.6. The molecular weight excluding hydrogens is 392 g/mol. The Morgan fingerprint density at radius 2 is 1.66 bits per heavy atom. The van der Waals surface area contributed by atoms with Crippen molar-refractivity contribution in [1.82, 2.24) is 4.90 Å². The van der Waals surface area contributed by atoms with E-state index in [2.05, 4.69) is 0 Å². The Bertz CT molecular complexity index is 989. The molecule has 0 bridgehead atoms. The molecule has 0 aliphatic rings. The summed E-state index contributed by atoms with van der Waals surface area (Å²) >= 11 is 0. The van der Waals surface area contributed by atoms with E-state index in [1.807, 2.05) is 32.0 Å². The summed E-state index contributed by atoms with van der Waals surface area (Å²) in [7, 11) is 1.12. The third-order valence-corrected chi connectivity index (χ3v) is 5.72. The second-order valence-electron chi connectivity index (χ2n) is 7.00. The first-order valence-corrected chi connectivity index (χ1v) is 10.9. The minimum absolute atomic E-state index is 0.271. The molecule has 158 valence electrons. The zero-order valence-electron chi connectivity index (χ0n) is 17.7. The Kier molecular flexibility index (Phi) is 7.13. The lowest BCUT2D eigenvalue weighted by atomic mass is 10.1. The molecule has 0 saturated carbocycles. The number of methoxy groups -OCH3 is 2. The van der Waals surface area contributed by atoms with Gasteiger partial charge in [0.2, 0.25) is 15.9 Å². The molecule has 0 aromatic heterocycles. The maximum Gasteiger partial charge on any atom is 0.243 e. The Hall–Kier alpha value is -2.74. The molecule has 0 N–H and O–H groups in total. The van der Waals surface area contributed by atoms with Gasteiger partial charge in [-0.05, 0) is 43.2 Å². The van der Waals surface area contributed by atoms with Crippen LogP contribution >= 0.6 is 0 Å². The van der Waals surface area contributed by atoms with E-state index < -0.39 is 10.0 Å². The molecule has 2 aromatic carbocycles. The minimum Gasteiger partial charge on any atom is -0.493 e. The van der Waals surface area contributed by atoms with Crippen molar-refractivity contribution in [1.29, 1.82) is 0 Å². The van der Waals surface area contributed by atoms with E-state index in [-0.39, 0.29) is 12.5 Å². The van der Waals surface area contributed by atoms with E-state index in [9.17, 15) is 13.2 Å². The molecular formula is C21H28N2O5S. The van der Waals surface area contributed by atoms with Crippen LogP contribution < -0.4 is 13.8 Å². The molecule has 1 amide bonds. The summed E-state index contributed by atoms with van der Waals surface area (Å²) in [4.78, 5) is 14.3. The van der Waals surface area contributed by atoms with Gasteiger partial charge < -0.3 is 14.4 Å². The maximum atomic E-state index is 12.8. The second-order valence-corrected chi connectivity index (χ2v) is 8.91. The van der Waals surface area contributed by atoms with Gasteiger partial charge in [0.15, 0.2) is 11.5 Å². The summed E-state index contributed by atoms with van der Waals surface area (Å²) in [6.45, 7) is 3.80. The minimum atomic E-state index is -3.63. The van der Waals surface area contributed by atoms with Gasteiger partial charge in [0.1, 0.15) is 6.54 Å². The molecule has 0 fully saturated rings. The highest BCUT2D eigenvalue weighted by Gasteiger charge is 2.24. The van der Waals surface area contributed by atoms with Crippen LogP contribution in [0.5, 0.6) is 11.5 Å². The predicted molar refractivity (Wildman–Crippen MR) is 114 cm³/mol. The maximum absolute atomic E-state index is 12.8. The van der Waals surface area contributed by atoms with Crippen LogP contribution in [0, 0.1) is 13.8 Å². The first-order valence-electron chi connectivity index (χ1n) is 9.06. The van der Waals surface area contributed by atoms with Crippen LogP contribution in [-0.4, -0.2) is 53.3 Å². The highest BCUT2D eigenvalue weighted by molar-refractivity contribution is 7.92. The summed E-state index contributed by atoms with van der Waals surface area (Å²) in [5, 5.41) is 0. The Labute approximate surface area is 172 Å². The van der Waals surface area contributed by atoms with Gasteiger partial charge in [-0.15, -0.1) is 0 Å². The van der Waals surface area contributed by atoms with Crippen molar-refractivity contribution < 1.29 is 22.7 Å². The van der Waals surface area contributed by atoms with Crippen molar-refractivity contribution in [3.8, 4) is 11.5 Å². The largest absolute Gasteiger partial charge is 0.493 e. The number of aryl methyl sites for hydroxylation is 2. The van der Waals surface area contributed by atoms with Crippen LogP contribution in [0.3, 0.4) is 0 Å². The quantitative estimate of drug-likeness (QED) is 0.656. The van der Waals surface area contributed by atoms with Crippen molar-refractivity contribution in [3.05, 3.63) is 53.1 Å². The molecule has 0 atom stereocenters. The van der Waals surface area contributed by atoms with Crippen LogP contribution in [0.1, 0.15) is 16.7 Å². The summed E-state index contributed by atoms with van der Waals surface area (Å²) in [6.07, 6.45) is 1.11. The lowest BCUT2D eigenvalue weighted by Crippen LogP contribution is -2.41. The van der Waals surface area contributed by atoms with E-state index in [1.165, 1.54) is 4.90 Å². The fourth-order valence-corrected chi connectivity index (χ4v) is 3.96. The number of carbonyl (C=O) groups is 1. The van der Waals surface area contributed by atoms with Gasteiger partial charge in [0.05, 0.1) is 26.2 Å². The molecule has 0 saturated heterocycles. The van der Waals surface area contributed by atoms with Crippen LogP contribution in [-0.2, 0) is 21.4 Å². The lowest BCUT2D eigenvalue weighted by Gasteiger charge is -2.26. The molecule has 0 spiro atoms. The molecule has 0 aliphatic heterocycles. The smallest absolute Gasteiger partial charge is 0.243 e. The number of carbonyl (C=O) groups excluding carboxylic acids is 1. The summed E-state index contributed by atoms with van der Waals surface area (Å²) in [6, 6.07) is 10.9. The monoisotopic (exact) mass is 420 g/mol. The van der Waals surface area contributed by atoms with Crippen molar-refractivity contribution >= 4 is 21.6 Å². The van der Waals surface area contributed by atoms with Crippen LogP contribution in [0.2, 0.25) is 0 Å². The number of hydrogen-bond donors (Lipinski definition) is 0. The second kappa shape index (κ2) is 9.17. The third-order valence-electron chi connectivity index (χ3n) is 4.59. The molecule has 0 unspecified atom stereocenters. The zero-order chi connectivity index (χ0) is 21.8.